The highest BCUT2D eigenvalue weighted by Gasteiger charge is 2.17. The Balaban J connectivity index is 1.85. The Morgan fingerprint density at radius 2 is 1.96 bits per heavy atom. The van der Waals surface area contributed by atoms with Gasteiger partial charge >= 0.3 is 0 Å². The summed E-state index contributed by atoms with van der Waals surface area (Å²) in [7, 11) is 0. The zero-order chi connectivity index (χ0) is 17.1. The summed E-state index contributed by atoms with van der Waals surface area (Å²) in [6, 6.07) is 16.8. The molecular formula is C17H14ClN3OS2. The second-order valence-corrected chi connectivity index (χ2v) is 7.20. The van der Waals surface area contributed by atoms with Crippen molar-refractivity contribution in [1.29, 1.82) is 0 Å². The number of nitrogens with one attached hydrogen (secondary N) is 1. The van der Waals surface area contributed by atoms with Gasteiger partial charge in [0.2, 0.25) is 0 Å². The first-order valence-electron chi connectivity index (χ1n) is 7.14. The third-order valence-corrected chi connectivity index (χ3v) is 5.10. The fourth-order valence-corrected chi connectivity index (χ4v) is 3.66. The van der Waals surface area contributed by atoms with E-state index in [1.165, 1.54) is 11.3 Å². The number of amides is 1. The predicted molar refractivity (Wildman–Crippen MR) is 103 cm³/mol. The van der Waals surface area contributed by atoms with Gasteiger partial charge in [0.05, 0.1) is 6.54 Å². The van der Waals surface area contributed by atoms with E-state index >= 15 is 0 Å². The molecule has 3 rings (SSSR count). The van der Waals surface area contributed by atoms with Crippen LogP contribution in [-0.4, -0.2) is 10.5 Å². The van der Waals surface area contributed by atoms with Gasteiger partial charge in [-0.3, -0.25) is 4.79 Å². The van der Waals surface area contributed by atoms with Crippen LogP contribution < -0.4 is 11.1 Å². The zero-order valence-corrected chi connectivity index (χ0v) is 14.9. The number of carbonyl (C=O) groups is 1. The number of thiazole rings is 1. The second kappa shape index (κ2) is 7.17. The third-order valence-electron chi connectivity index (χ3n) is 3.41. The van der Waals surface area contributed by atoms with E-state index in [2.05, 4.69) is 5.32 Å². The maximum absolute atomic E-state index is 12.5. The van der Waals surface area contributed by atoms with Gasteiger partial charge in [0.15, 0.2) is 3.95 Å². The van der Waals surface area contributed by atoms with Crippen LogP contribution in [0.25, 0.3) is 0 Å². The van der Waals surface area contributed by atoms with Crippen molar-refractivity contribution in [2.24, 2.45) is 0 Å². The smallest absolute Gasteiger partial charge is 0.269 e. The molecule has 0 unspecified atom stereocenters. The molecule has 0 aliphatic carbocycles. The molecule has 0 spiro atoms. The standard InChI is InChI=1S/C17H14ClN3OS2/c18-12-7-4-8-13(9-12)20-16(22)14-15(19)21(17(23)24-14)10-11-5-2-1-3-6-11/h1-9H,10,19H2,(H,20,22). The lowest BCUT2D eigenvalue weighted by Crippen LogP contribution is -2.14. The highest BCUT2D eigenvalue weighted by molar-refractivity contribution is 7.73. The number of hydrogen-bond acceptors (Lipinski definition) is 4. The molecule has 0 saturated heterocycles. The number of hydrogen-bond donors (Lipinski definition) is 2. The van der Waals surface area contributed by atoms with Crippen molar-refractivity contribution in [2.75, 3.05) is 11.1 Å². The molecule has 0 fully saturated rings. The molecule has 4 nitrogen and oxygen atoms in total. The first kappa shape index (κ1) is 16.7. The minimum absolute atomic E-state index is 0.294. The van der Waals surface area contributed by atoms with E-state index in [9.17, 15) is 4.79 Å². The summed E-state index contributed by atoms with van der Waals surface area (Å²) in [6.07, 6.45) is 0. The van der Waals surface area contributed by atoms with Gasteiger partial charge in [-0.05, 0) is 36.0 Å². The van der Waals surface area contributed by atoms with Crippen LogP contribution in [0.4, 0.5) is 11.5 Å². The quantitative estimate of drug-likeness (QED) is 0.643. The van der Waals surface area contributed by atoms with Gasteiger partial charge in [-0.15, -0.1) is 0 Å². The number of halogens is 1. The van der Waals surface area contributed by atoms with Crippen LogP contribution >= 0.6 is 35.2 Å². The number of nitrogens with two attached hydrogens (primary N) is 1. The van der Waals surface area contributed by atoms with Crippen molar-refractivity contribution >= 4 is 52.6 Å². The number of rotatable bonds is 4. The molecule has 0 atom stereocenters. The van der Waals surface area contributed by atoms with E-state index in [1.807, 2.05) is 30.3 Å². The Kier molecular flexibility index (Phi) is 4.99. The molecule has 0 bridgehead atoms. The highest BCUT2D eigenvalue weighted by atomic mass is 35.5. The molecular weight excluding hydrogens is 362 g/mol. The average Bonchev–Trinajstić information content (AvgIpc) is 2.84. The van der Waals surface area contributed by atoms with Crippen LogP contribution in [0.2, 0.25) is 5.02 Å². The Morgan fingerprint density at radius 3 is 2.67 bits per heavy atom. The van der Waals surface area contributed by atoms with Crippen molar-refractivity contribution in [3.63, 3.8) is 0 Å². The Morgan fingerprint density at radius 1 is 1.21 bits per heavy atom. The van der Waals surface area contributed by atoms with Gasteiger partial charge < -0.3 is 15.6 Å². The lowest BCUT2D eigenvalue weighted by atomic mass is 10.2. The molecule has 0 saturated carbocycles. The van der Waals surface area contributed by atoms with E-state index < -0.39 is 0 Å². The van der Waals surface area contributed by atoms with Crippen molar-refractivity contribution in [1.82, 2.24) is 4.57 Å². The number of aromatic nitrogens is 1. The fourth-order valence-electron chi connectivity index (χ4n) is 2.25. The minimum atomic E-state index is -0.294. The van der Waals surface area contributed by atoms with Gasteiger partial charge in [-0.25, -0.2) is 0 Å². The number of nitrogen functional groups attached to an aromatic ring is 1. The Labute approximate surface area is 153 Å². The van der Waals surface area contributed by atoms with E-state index in [0.29, 0.717) is 31.9 Å². The predicted octanol–water partition coefficient (Wildman–Crippen LogP) is 4.82. The summed E-state index contributed by atoms with van der Waals surface area (Å²) in [5, 5.41) is 3.34. The molecule has 0 radical (unpaired) electrons. The minimum Gasteiger partial charge on any atom is -0.384 e. The van der Waals surface area contributed by atoms with E-state index in [0.717, 1.165) is 5.56 Å². The number of anilines is 2. The summed E-state index contributed by atoms with van der Waals surface area (Å²) in [6.45, 7) is 0.534. The normalized spacial score (nSPS) is 10.5. The van der Waals surface area contributed by atoms with Gasteiger partial charge in [-0.2, -0.15) is 0 Å². The largest absolute Gasteiger partial charge is 0.384 e. The Bertz CT molecular complexity index is 935. The average molecular weight is 376 g/mol. The summed E-state index contributed by atoms with van der Waals surface area (Å²) in [5.74, 6) is 0.0751. The first-order chi connectivity index (χ1) is 11.5. The van der Waals surface area contributed by atoms with Gasteiger partial charge in [0.1, 0.15) is 10.7 Å². The fraction of sp³-hybridized carbons (Fsp3) is 0.0588. The number of carbonyl (C=O) groups excluding carboxylic acids is 1. The molecule has 0 aliphatic heterocycles. The van der Waals surface area contributed by atoms with Crippen LogP contribution in [0.1, 0.15) is 15.2 Å². The Hall–Kier alpha value is -2.15. The molecule has 24 heavy (non-hydrogen) atoms. The maximum Gasteiger partial charge on any atom is 0.269 e. The first-order valence-corrected chi connectivity index (χ1v) is 8.75. The van der Waals surface area contributed by atoms with Crippen LogP contribution in [0, 0.1) is 3.95 Å². The van der Waals surface area contributed by atoms with Gasteiger partial charge in [0.25, 0.3) is 5.91 Å². The SMILES string of the molecule is Nc1c(C(=O)Nc2cccc(Cl)c2)sc(=S)n1Cc1ccccc1. The molecule has 3 N–H and O–H groups in total. The molecule has 1 heterocycles. The third kappa shape index (κ3) is 3.67. The zero-order valence-electron chi connectivity index (χ0n) is 12.5. The van der Waals surface area contributed by atoms with Crippen molar-refractivity contribution in [2.45, 2.75) is 6.54 Å². The van der Waals surface area contributed by atoms with Crippen molar-refractivity contribution in [3.05, 3.63) is 74.0 Å². The van der Waals surface area contributed by atoms with Crippen molar-refractivity contribution in [3.8, 4) is 0 Å². The van der Waals surface area contributed by atoms with Crippen LogP contribution in [-0.2, 0) is 6.54 Å². The van der Waals surface area contributed by atoms with Crippen LogP contribution in [0.3, 0.4) is 0 Å². The monoisotopic (exact) mass is 375 g/mol. The molecule has 0 aliphatic rings. The van der Waals surface area contributed by atoms with Crippen molar-refractivity contribution < 1.29 is 4.79 Å². The summed E-state index contributed by atoms with van der Waals surface area (Å²) < 4.78 is 2.33. The molecule has 122 valence electrons. The topological polar surface area (TPSA) is 60.1 Å². The summed E-state index contributed by atoms with van der Waals surface area (Å²) in [5.41, 5.74) is 7.84. The summed E-state index contributed by atoms with van der Waals surface area (Å²) >= 11 is 12.5. The van der Waals surface area contributed by atoms with Crippen LogP contribution in [0.5, 0.6) is 0 Å². The van der Waals surface area contributed by atoms with E-state index in [-0.39, 0.29) is 5.91 Å². The lowest BCUT2D eigenvalue weighted by molar-refractivity contribution is 0.103. The van der Waals surface area contributed by atoms with Crippen LogP contribution in [0.15, 0.2) is 54.6 Å². The molecule has 3 aromatic rings. The highest BCUT2D eigenvalue weighted by Crippen LogP contribution is 2.25. The molecule has 1 aromatic heterocycles. The molecule has 1 amide bonds. The van der Waals surface area contributed by atoms with E-state index in [1.54, 1.807) is 28.8 Å². The number of nitrogens with zero attached hydrogens (tertiary/aromatic N) is 1. The number of benzene rings is 2. The molecule has 7 heteroatoms. The summed E-state index contributed by atoms with van der Waals surface area (Å²) in [4.78, 5) is 12.9. The molecule has 2 aromatic carbocycles. The second-order valence-electron chi connectivity index (χ2n) is 5.12. The lowest BCUT2D eigenvalue weighted by Gasteiger charge is -2.07. The van der Waals surface area contributed by atoms with Gasteiger partial charge in [0, 0.05) is 10.7 Å². The van der Waals surface area contributed by atoms with Gasteiger partial charge in [-0.1, -0.05) is 59.3 Å². The van der Waals surface area contributed by atoms with E-state index in [4.69, 9.17) is 29.6 Å². The maximum atomic E-state index is 12.5.